The number of phenols is 1. The molecule has 1 aliphatic rings. The van der Waals surface area contributed by atoms with E-state index in [9.17, 15) is 5.11 Å². The Morgan fingerprint density at radius 2 is 1.89 bits per heavy atom. The van der Waals surface area contributed by atoms with Crippen molar-refractivity contribution in [3.05, 3.63) is 23.8 Å². The summed E-state index contributed by atoms with van der Waals surface area (Å²) in [7, 11) is 2.16. The molecule has 4 heteroatoms. The quantitative estimate of drug-likeness (QED) is 0.874. The molecule has 1 N–H and O–H groups in total. The summed E-state index contributed by atoms with van der Waals surface area (Å²) >= 11 is 0. The highest BCUT2D eigenvalue weighted by Crippen LogP contribution is 2.21. The number of ether oxygens (including phenoxy) is 1. The lowest BCUT2D eigenvalue weighted by molar-refractivity contribution is 0.133. The molecular weight excluding hydrogens is 228 g/mol. The maximum absolute atomic E-state index is 9.48. The van der Waals surface area contributed by atoms with Gasteiger partial charge >= 0.3 is 0 Å². The van der Waals surface area contributed by atoms with Gasteiger partial charge in [-0.05, 0) is 31.7 Å². The lowest BCUT2D eigenvalue weighted by atomic mass is 10.2. The zero-order valence-electron chi connectivity index (χ0n) is 11.2. The summed E-state index contributed by atoms with van der Waals surface area (Å²) in [6, 6.07) is 5.34. The molecule has 0 spiro atoms. The van der Waals surface area contributed by atoms with Crippen LogP contribution in [-0.2, 0) is 0 Å². The van der Waals surface area contributed by atoms with Gasteiger partial charge in [-0.15, -0.1) is 0 Å². The molecule has 100 valence electrons. The van der Waals surface area contributed by atoms with Gasteiger partial charge in [-0.2, -0.15) is 0 Å². The average Bonchev–Trinajstić information content (AvgIpc) is 2.30. The number of hydrogen-bond acceptors (Lipinski definition) is 4. The number of benzene rings is 1. The van der Waals surface area contributed by atoms with Crippen LogP contribution in [0.4, 0.5) is 0 Å². The van der Waals surface area contributed by atoms with Crippen molar-refractivity contribution >= 4 is 0 Å². The van der Waals surface area contributed by atoms with E-state index in [-0.39, 0.29) is 5.75 Å². The maximum Gasteiger partial charge on any atom is 0.123 e. The molecule has 1 fully saturated rings. The van der Waals surface area contributed by atoms with Crippen LogP contribution in [0.3, 0.4) is 0 Å². The minimum Gasteiger partial charge on any atom is -0.508 e. The van der Waals surface area contributed by atoms with E-state index in [0.29, 0.717) is 6.61 Å². The van der Waals surface area contributed by atoms with Crippen LogP contribution in [0.15, 0.2) is 18.2 Å². The van der Waals surface area contributed by atoms with E-state index in [0.717, 1.165) is 44.0 Å². The van der Waals surface area contributed by atoms with Crippen LogP contribution in [0.1, 0.15) is 5.56 Å². The molecule has 0 amide bonds. The van der Waals surface area contributed by atoms with E-state index in [1.807, 2.05) is 13.0 Å². The molecule has 0 bridgehead atoms. The zero-order valence-corrected chi connectivity index (χ0v) is 11.2. The van der Waals surface area contributed by atoms with E-state index in [4.69, 9.17) is 4.74 Å². The first-order valence-electron chi connectivity index (χ1n) is 6.48. The van der Waals surface area contributed by atoms with Crippen LogP contribution in [0.2, 0.25) is 0 Å². The molecule has 0 saturated carbocycles. The minimum absolute atomic E-state index is 0.268. The molecule has 18 heavy (non-hydrogen) atoms. The summed E-state index contributed by atoms with van der Waals surface area (Å²) in [4.78, 5) is 4.76. The summed E-state index contributed by atoms with van der Waals surface area (Å²) < 4.78 is 5.68. The van der Waals surface area contributed by atoms with Crippen molar-refractivity contribution in [2.24, 2.45) is 0 Å². The third kappa shape index (κ3) is 3.89. The molecule has 4 nitrogen and oxygen atoms in total. The summed E-state index contributed by atoms with van der Waals surface area (Å²) in [5, 5.41) is 9.48. The fraction of sp³-hybridized carbons (Fsp3) is 0.571. The second-order valence-corrected chi connectivity index (χ2v) is 5.00. The average molecular weight is 250 g/mol. The van der Waals surface area contributed by atoms with Gasteiger partial charge < -0.3 is 14.7 Å². The second kappa shape index (κ2) is 6.07. The lowest BCUT2D eigenvalue weighted by Gasteiger charge is -2.32. The van der Waals surface area contributed by atoms with Crippen molar-refractivity contribution in [1.29, 1.82) is 0 Å². The second-order valence-electron chi connectivity index (χ2n) is 5.00. The van der Waals surface area contributed by atoms with Gasteiger partial charge in [0, 0.05) is 38.8 Å². The summed E-state index contributed by atoms with van der Waals surface area (Å²) in [5.74, 6) is 1.02. The number of phenolic OH excluding ortho intramolecular Hbond substituents is 1. The molecule has 0 aromatic heterocycles. The zero-order chi connectivity index (χ0) is 13.0. The van der Waals surface area contributed by atoms with Gasteiger partial charge in [0.15, 0.2) is 0 Å². The number of nitrogens with zero attached hydrogens (tertiary/aromatic N) is 2. The molecule has 1 heterocycles. The number of rotatable bonds is 4. The van der Waals surface area contributed by atoms with Crippen LogP contribution in [0, 0.1) is 6.92 Å². The van der Waals surface area contributed by atoms with E-state index in [1.165, 1.54) is 0 Å². The Morgan fingerprint density at radius 3 is 2.56 bits per heavy atom. The van der Waals surface area contributed by atoms with Gasteiger partial charge in [0.25, 0.3) is 0 Å². The van der Waals surface area contributed by atoms with Crippen molar-refractivity contribution < 1.29 is 9.84 Å². The number of likely N-dealkylation sites (N-methyl/N-ethyl adjacent to an activating group) is 1. The third-order valence-corrected chi connectivity index (χ3v) is 3.31. The lowest BCUT2D eigenvalue weighted by Crippen LogP contribution is -2.45. The first-order chi connectivity index (χ1) is 8.63. The Labute approximate surface area is 109 Å². The molecule has 0 radical (unpaired) electrons. The van der Waals surface area contributed by atoms with Gasteiger partial charge in [0.05, 0.1) is 0 Å². The first-order valence-corrected chi connectivity index (χ1v) is 6.48. The van der Waals surface area contributed by atoms with E-state index >= 15 is 0 Å². The van der Waals surface area contributed by atoms with Crippen molar-refractivity contribution in [3.63, 3.8) is 0 Å². The number of piperazine rings is 1. The molecule has 0 unspecified atom stereocenters. The van der Waals surface area contributed by atoms with Gasteiger partial charge in [0.2, 0.25) is 0 Å². The van der Waals surface area contributed by atoms with Crippen molar-refractivity contribution in [1.82, 2.24) is 9.80 Å². The van der Waals surface area contributed by atoms with Crippen LogP contribution in [0.25, 0.3) is 0 Å². The van der Waals surface area contributed by atoms with Crippen LogP contribution >= 0.6 is 0 Å². The monoisotopic (exact) mass is 250 g/mol. The van der Waals surface area contributed by atoms with Crippen LogP contribution in [-0.4, -0.2) is 61.3 Å². The number of aromatic hydroxyl groups is 1. The first kappa shape index (κ1) is 13.2. The van der Waals surface area contributed by atoms with E-state index in [2.05, 4.69) is 16.8 Å². The summed E-state index contributed by atoms with van der Waals surface area (Å²) in [6.45, 7) is 8.05. The minimum atomic E-state index is 0.268. The standard InChI is InChI=1S/C14H22N2O2/c1-12-9-13(17)11-14(10-12)18-8-7-16-5-3-15(2)4-6-16/h9-11,17H,3-8H2,1-2H3. The molecule has 0 aliphatic carbocycles. The Hall–Kier alpha value is -1.26. The number of hydrogen-bond donors (Lipinski definition) is 1. The highest BCUT2D eigenvalue weighted by atomic mass is 16.5. The van der Waals surface area contributed by atoms with Crippen molar-refractivity contribution in [3.8, 4) is 11.5 Å². The topological polar surface area (TPSA) is 35.9 Å². The normalized spacial score (nSPS) is 17.9. The smallest absolute Gasteiger partial charge is 0.123 e. The molecular formula is C14H22N2O2. The number of aryl methyl sites for hydroxylation is 1. The third-order valence-electron chi connectivity index (χ3n) is 3.31. The maximum atomic E-state index is 9.48. The largest absolute Gasteiger partial charge is 0.508 e. The molecule has 0 atom stereocenters. The van der Waals surface area contributed by atoms with E-state index in [1.54, 1.807) is 12.1 Å². The van der Waals surface area contributed by atoms with Crippen molar-refractivity contribution in [2.45, 2.75) is 6.92 Å². The van der Waals surface area contributed by atoms with Gasteiger partial charge in [-0.25, -0.2) is 0 Å². The summed E-state index contributed by atoms with van der Waals surface area (Å²) in [6.07, 6.45) is 0. The van der Waals surface area contributed by atoms with Gasteiger partial charge in [-0.1, -0.05) is 0 Å². The fourth-order valence-corrected chi connectivity index (χ4v) is 2.18. The van der Waals surface area contributed by atoms with Crippen LogP contribution in [0.5, 0.6) is 11.5 Å². The van der Waals surface area contributed by atoms with Crippen LogP contribution < -0.4 is 4.74 Å². The Bertz CT molecular complexity index is 367. The Kier molecular flexibility index (Phi) is 4.44. The SMILES string of the molecule is Cc1cc(O)cc(OCCN2CCN(C)CC2)c1. The molecule has 1 saturated heterocycles. The Morgan fingerprint density at radius 1 is 1.17 bits per heavy atom. The molecule has 1 aromatic rings. The molecule has 2 rings (SSSR count). The van der Waals surface area contributed by atoms with E-state index < -0.39 is 0 Å². The predicted octanol–water partition coefficient (Wildman–Crippen LogP) is 1.33. The molecule has 1 aromatic carbocycles. The predicted molar refractivity (Wildman–Crippen MR) is 72.3 cm³/mol. The molecule has 1 aliphatic heterocycles. The highest BCUT2D eigenvalue weighted by molar-refractivity contribution is 5.36. The van der Waals surface area contributed by atoms with Gasteiger partial charge in [-0.3, -0.25) is 4.90 Å². The Balaban J connectivity index is 1.74. The van der Waals surface area contributed by atoms with Gasteiger partial charge in [0.1, 0.15) is 18.1 Å². The van der Waals surface area contributed by atoms with Crippen molar-refractivity contribution in [2.75, 3.05) is 46.4 Å². The highest BCUT2D eigenvalue weighted by Gasteiger charge is 2.13. The fourth-order valence-electron chi connectivity index (χ4n) is 2.18. The summed E-state index contributed by atoms with van der Waals surface area (Å²) in [5.41, 5.74) is 1.02.